The first-order valence-corrected chi connectivity index (χ1v) is 10.3. The molecule has 1 atom stereocenters. The van der Waals surface area contributed by atoms with Gasteiger partial charge in [-0.15, -0.1) is 0 Å². The first kappa shape index (κ1) is 22.1. The smallest absolute Gasteiger partial charge is 0.339 e. The number of hydrogen-bond acceptors (Lipinski definition) is 3. The number of rotatable bonds is 8. The lowest BCUT2D eigenvalue weighted by Gasteiger charge is -2.21. The molecule has 0 bridgehead atoms. The van der Waals surface area contributed by atoms with Gasteiger partial charge in [0.1, 0.15) is 5.82 Å². The first-order chi connectivity index (χ1) is 14.5. The Kier molecular flexibility index (Phi) is 7.29. The summed E-state index contributed by atoms with van der Waals surface area (Å²) < 4.78 is 26.9. The van der Waals surface area contributed by atoms with Gasteiger partial charge in [0.15, 0.2) is 0 Å². The molecule has 1 heterocycles. The van der Waals surface area contributed by atoms with Gasteiger partial charge in [0.2, 0.25) is 0 Å². The lowest BCUT2D eigenvalue weighted by atomic mass is 10.1. The van der Waals surface area contributed by atoms with E-state index in [9.17, 15) is 9.18 Å². The van der Waals surface area contributed by atoms with Crippen LogP contribution in [0.2, 0.25) is 5.02 Å². The van der Waals surface area contributed by atoms with E-state index >= 15 is 0 Å². The number of nitrogens with zero attached hydrogens (tertiary/aromatic N) is 1. The van der Waals surface area contributed by atoms with Crippen molar-refractivity contribution in [2.75, 3.05) is 6.61 Å². The highest BCUT2D eigenvalue weighted by Crippen LogP contribution is 2.33. The van der Waals surface area contributed by atoms with Crippen LogP contribution in [0.1, 0.15) is 53.7 Å². The van der Waals surface area contributed by atoms with Crippen LogP contribution in [0.5, 0.6) is 0 Å². The van der Waals surface area contributed by atoms with E-state index in [1.807, 2.05) is 48.7 Å². The fourth-order valence-corrected chi connectivity index (χ4v) is 3.70. The fourth-order valence-electron chi connectivity index (χ4n) is 3.45. The molecule has 1 unspecified atom stereocenters. The molecule has 0 radical (unpaired) electrons. The van der Waals surface area contributed by atoms with Crippen molar-refractivity contribution in [3.8, 4) is 5.69 Å². The Morgan fingerprint density at radius 3 is 2.50 bits per heavy atom. The second-order valence-corrected chi connectivity index (χ2v) is 7.32. The molecule has 0 aliphatic carbocycles. The second-order valence-electron chi connectivity index (χ2n) is 6.91. The molecule has 6 heteroatoms. The van der Waals surface area contributed by atoms with Crippen molar-refractivity contribution in [2.45, 2.75) is 39.9 Å². The van der Waals surface area contributed by atoms with E-state index in [0.29, 0.717) is 30.0 Å². The van der Waals surface area contributed by atoms with Crippen molar-refractivity contribution in [1.82, 2.24) is 4.57 Å². The molecule has 0 aliphatic heterocycles. The minimum Gasteiger partial charge on any atom is -0.462 e. The molecule has 0 aliphatic rings. The van der Waals surface area contributed by atoms with Crippen molar-refractivity contribution in [3.63, 3.8) is 0 Å². The predicted octanol–water partition coefficient (Wildman–Crippen LogP) is 6.42. The van der Waals surface area contributed by atoms with Crippen LogP contribution < -0.4 is 0 Å². The molecule has 4 nitrogen and oxygen atoms in total. The normalized spacial score (nSPS) is 12.0. The minimum absolute atomic E-state index is 0.253. The van der Waals surface area contributed by atoms with Gasteiger partial charge < -0.3 is 14.0 Å². The zero-order chi connectivity index (χ0) is 21.7. The Balaban J connectivity index is 2.06. The van der Waals surface area contributed by atoms with Crippen molar-refractivity contribution in [1.29, 1.82) is 0 Å². The quantitative estimate of drug-likeness (QED) is 0.388. The molecular formula is C24H25ClFNO3. The van der Waals surface area contributed by atoms with E-state index in [4.69, 9.17) is 21.1 Å². The third-order valence-corrected chi connectivity index (χ3v) is 5.22. The number of benzene rings is 2. The van der Waals surface area contributed by atoms with E-state index in [1.165, 1.54) is 12.1 Å². The average molecular weight is 430 g/mol. The Labute approximate surface area is 181 Å². The van der Waals surface area contributed by atoms with Gasteiger partial charge in [-0.2, -0.15) is 0 Å². The summed E-state index contributed by atoms with van der Waals surface area (Å²) in [6.07, 6.45) is 0.380. The standard InChI is InChI=1S/C24H25ClFNO3/c1-4-23(30-15-17-9-7-6-8-10-17)22-14-19(24(28)29-5-2)16(3)27(22)21-12-11-18(26)13-20(21)25/h6-14,23H,4-5,15H2,1-3H3. The van der Waals surface area contributed by atoms with E-state index in [-0.39, 0.29) is 17.7 Å². The SMILES string of the molecule is CCOC(=O)c1cc(C(CC)OCc2ccccc2)n(-c2ccc(F)cc2Cl)c1C. The van der Waals surface area contributed by atoms with Crippen LogP contribution in [0.3, 0.4) is 0 Å². The topological polar surface area (TPSA) is 40.5 Å². The molecule has 0 amide bonds. The summed E-state index contributed by atoms with van der Waals surface area (Å²) in [7, 11) is 0. The summed E-state index contributed by atoms with van der Waals surface area (Å²) in [6, 6.07) is 15.9. The van der Waals surface area contributed by atoms with Gasteiger partial charge in [-0.3, -0.25) is 0 Å². The number of carbonyl (C=O) groups is 1. The summed E-state index contributed by atoms with van der Waals surface area (Å²) in [5.74, 6) is -0.834. The van der Waals surface area contributed by atoms with Crippen molar-refractivity contribution in [3.05, 3.63) is 88.0 Å². The molecule has 0 saturated carbocycles. The summed E-state index contributed by atoms with van der Waals surface area (Å²) in [5, 5.41) is 0.253. The summed E-state index contributed by atoms with van der Waals surface area (Å²) in [6.45, 7) is 6.30. The van der Waals surface area contributed by atoms with Crippen LogP contribution in [0.25, 0.3) is 5.69 Å². The largest absolute Gasteiger partial charge is 0.462 e. The van der Waals surface area contributed by atoms with Crippen LogP contribution in [-0.4, -0.2) is 17.1 Å². The van der Waals surface area contributed by atoms with Crippen LogP contribution in [-0.2, 0) is 16.1 Å². The van der Waals surface area contributed by atoms with E-state index in [0.717, 1.165) is 11.3 Å². The molecule has 0 fully saturated rings. The van der Waals surface area contributed by atoms with Gasteiger partial charge in [0.25, 0.3) is 0 Å². The van der Waals surface area contributed by atoms with Crippen LogP contribution in [0.15, 0.2) is 54.6 Å². The monoisotopic (exact) mass is 429 g/mol. The lowest BCUT2D eigenvalue weighted by molar-refractivity contribution is 0.0332. The van der Waals surface area contributed by atoms with Crippen LogP contribution in [0, 0.1) is 12.7 Å². The number of hydrogen-bond donors (Lipinski definition) is 0. The summed E-state index contributed by atoms with van der Waals surface area (Å²) in [5.41, 5.74) is 3.51. The van der Waals surface area contributed by atoms with Crippen LogP contribution >= 0.6 is 11.6 Å². The maximum absolute atomic E-state index is 13.6. The maximum atomic E-state index is 13.6. The van der Waals surface area contributed by atoms with E-state index in [1.54, 1.807) is 19.1 Å². The Hall–Kier alpha value is -2.63. The maximum Gasteiger partial charge on any atom is 0.339 e. The molecule has 1 aromatic heterocycles. The molecule has 2 aromatic carbocycles. The highest BCUT2D eigenvalue weighted by molar-refractivity contribution is 6.32. The molecule has 0 N–H and O–H groups in total. The second kappa shape index (κ2) is 9.92. The van der Waals surface area contributed by atoms with E-state index in [2.05, 4.69) is 0 Å². The Morgan fingerprint density at radius 1 is 1.13 bits per heavy atom. The number of esters is 1. The molecule has 0 spiro atoms. The Morgan fingerprint density at radius 2 is 1.87 bits per heavy atom. The zero-order valence-corrected chi connectivity index (χ0v) is 18.1. The molecule has 158 valence electrons. The first-order valence-electron chi connectivity index (χ1n) is 9.96. The van der Waals surface area contributed by atoms with Gasteiger partial charge in [0.05, 0.1) is 41.3 Å². The third-order valence-electron chi connectivity index (χ3n) is 4.92. The number of ether oxygens (including phenoxy) is 2. The van der Waals surface area contributed by atoms with Crippen molar-refractivity contribution >= 4 is 17.6 Å². The van der Waals surface area contributed by atoms with Gasteiger partial charge in [0, 0.05) is 5.69 Å². The fraction of sp³-hybridized carbons (Fsp3) is 0.292. The molecule has 3 rings (SSSR count). The molecule has 0 saturated heterocycles. The minimum atomic E-state index is -0.423. The molecule has 3 aromatic rings. The van der Waals surface area contributed by atoms with Gasteiger partial charge >= 0.3 is 5.97 Å². The highest BCUT2D eigenvalue weighted by atomic mass is 35.5. The molecule has 30 heavy (non-hydrogen) atoms. The summed E-state index contributed by atoms with van der Waals surface area (Å²) in [4.78, 5) is 12.5. The third kappa shape index (κ3) is 4.74. The van der Waals surface area contributed by atoms with Gasteiger partial charge in [-0.25, -0.2) is 9.18 Å². The van der Waals surface area contributed by atoms with Crippen LogP contribution in [0.4, 0.5) is 4.39 Å². The number of carbonyl (C=O) groups excluding carboxylic acids is 1. The van der Waals surface area contributed by atoms with Gasteiger partial charge in [-0.1, -0.05) is 48.9 Å². The lowest BCUT2D eigenvalue weighted by Crippen LogP contribution is -2.11. The zero-order valence-electron chi connectivity index (χ0n) is 17.3. The number of halogens is 2. The van der Waals surface area contributed by atoms with Gasteiger partial charge in [-0.05, 0) is 50.1 Å². The predicted molar refractivity (Wildman–Crippen MR) is 116 cm³/mol. The average Bonchev–Trinajstić information content (AvgIpc) is 3.07. The number of aromatic nitrogens is 1. The summed E-state index contributed by atoms with van der Waals surface area (Å²) >= 11 is 6.36. The van der Waals surface area contributed by atoms with Crippen molar-refractivity contribution < 1.29 is 18.7 Å². The van der Waals surface area contributed by atoms with Crippen molar-refractivity contribution in [2.24, 2.45) is 0 Å². The van der Waals surface area contributed by atoms with E-state index < -0.39 is 11.8 Å². The highest BCUT2D eigenvalue weighted by Gasteiger charge is 2.25. The Bertz CT molecular complexity index is 1020. The molecular weight excluding hydrogens is 405 g/mol.